The molecule has 0 heterocycles. The highest BCUT2D eigenvalue weighted by Crippen LogP contribution is 2.56. The van der Waals surface area contributed by atoms with Crippen LogP contribution >= 0.6 is 25.3 Å². The van der Waals surface area contributed by atoms with Crippen LogP contribution in [0.1, 0.15) is 36.1 Å². The molecule has 4 aromatic carbocycles. The molecule has 0 spiro atoms. The summed E-state index contributed by atoms with van der Waals surface area (Å²) >= 11 is 8.31. The lowest BCUT2D eigenvalue weighted by molar-refractivity contribution is -0.148. The Morgan fingerprint density at radius 2 is 0.956 bits per heavy atom. The summed E-state index contributed by atoms with van der Waals surface area (Å²) in [6.07, 6.45) is 0. The van der Waals surface area contributed by atoms with E-state index in [-0.39, 0.29) is 50.2 Å². The van der Waals surface area contributed by atoms with Gasteiger partial charge in [0.1, 0.15) is 37.9 Å². The van der Waals surface area contributed by atoms with Crippen molar-refractivity contribution >= 4 is 37.2 Å². The topological polar surface area (TPSA) is 71.1 Å². The maximum Gasteiger partial charge on any atom is 0.309 e. The van der Waals surface area contributed by atoms with E-state index in [4.69, 9.17) is 18.9 Å². The van der Waals surface area contributed by atoms with Gasteiger partial charge < -0.3 is 18.9 Å². The molecule has 6 nitrogen and oxygen atoms in total. The summed E-state index contributed by atoms with van der Waals surface area (Å²) in [6, 6.07) is 33.3. The Bertz CT molecular complexity index is 1480. The fraction of sp³-hybridized carbons (Fsp3) is 0.297. The van der Waals surface area contributed by atoms with Crippen LogP contribution in [0, 0.1) is 11.8 Å². The first-order valence-electron chi connectivity index (χ1n) is 15.1. The number of hydrogen-bond acceptors (Lipinski definition) is 8. The Hall–Kier alpha value is -3.88. The first kappa shape index (κ1) is 32.5. The van der Waals surface area contributed by atoms with Gasteiger partial charge >= 0.3 is 11.9 Å². The van der Waals surface area contributed by atoms with E-state index in [0.717, 1.165) is 11.1 Å². The summed E-state index contributed by atoms with van der Waals surface area (Å²) in [4.78, 5) is 23.9. The van der Waals surface area contributed by atoms with Crippen LogP contribution in [-0.4, -0.2) is 49.9 Å². The predicted molar refractivity (Wildman–Crippen MR) is 183 cm³/mol. The summed E-state index contributed by atoms with van der Waals surface area (Å²) < 4.78 is 22.4. The smallest absolute Gasteiger partial charge is 0.309 e. The fourth-order valence-electron chi connectivity index (χ4n) is 5.66. The lowest BCUT2D eigenvalue weighted by Gasteiger charge is -2.34. The zero-order valence-corrected chi connectivity index (χ0v) is 27.3. The van der Waals surface area contributed by atoms with Crippen molar-refractivity contribution in [2.45, 2.75) is 19.3 Å². The number of carbonyl (C=O) groups excluding carboxylic acids is 2. The van der Waals surface area contributed by atoms with Crippen LogP contribution < -0.4 is 9.47 Å². The molecule has 0 bridgehead atoms. The van der Waals surface area contributed by atoms with Crippen molar-refractivity contribution in [2.24, 2.45) is 11.8 Å². The van der Waals surface area contributed by atoms with E-state index in [1.165, 1.54) is 22.3 Å². The lowest BCUT2D eigenvalue weighted by Crippen LogP contribution is -2.28. The van der Waals surface area contributed by atoms with Gasteiger partial charge in [-0.2, -0.15) is 25.3 Å². The number of esters is 2. The van der Waals surface area contributed by atoms with E-state index in [1.807, 2.05) is 24.3 Å². The van der Waals surface area contributed by atoms with Crippen LogP contribution in [0.2, 0.25) is 0 Å². The molecule has 234 valence electrons. The van der Waals surface area contributed by atoms with Crippen LogP contribution in [-0.2, 0) is 24.5 Å². The van der Waals surface area contributed by atoms with Crippen molar-refractivity contribution in [2.75, 3.05) is 37.9 Å². The van der Waals surface area contributed by atoms with E-state index in [2.05, 4.69) is 98.1 Å². The van der Waals surface area contributed by atoms with Crippen molar-refractivity contribution in [3.63, 3.8) is 0 Å². The largest absolute Gasteiger partial charge is 0.490 e. The molecule has 1 aliphatic rings. The standard InChI is InChI=1S/C37H38O6S2/c1-25(23-44)35(38)42-21-19-40-29-15-11-27(12-16-29)37(33-9-5-3-7-31(33)32-8-4-6-10-34(32)37)28-13-17-30(18-14-28)41-20-22-43-36(39)26(2)24-45/h3-18,25-26,44-45H,19-24H2,1-2H3. The maximum atomic E-state index is 11.9. The van der Waals surface area contributed by atoms with Gasteiger partial charge in [0.2, 0.25) is 0 Å². The zero-order valence-electron chi connectivity index (χ0n) is 25.5. The van der Waals surface area contributed by atoms with Gasteiger partial charge in [-0.25, -0.2) is 0 Å². The van der Waals surface area contributed by atoms with Gasteiger partial charge in [-0.15, -0.1) is 0 Å². The van der Waals surface area contributed by atoms with Crippen LogP contribution in [0.15, 0.2) is 97.1 Å². The van der Waals surface area contributed by atoms with Gasteiger partial charge in [-0.1, -0.05) is 86.6 Å². The summed E-state index contributed by atoms with van der Waals surface area (Å²) in [7, 11) is 0. The maximum absolute atomic E-state index is 11.9. The summed E-state index contributed by atoms with van der Waals surface area (Å²) in [6.45, 7) is 4.45. The quantitative estimate of drug-likeness (QED) is 0.0771. The minimum absolute atomic E-state index is 0.176. The Balaban J connectivity index is 1.40. The normalized spacial score (nSPS) is 14.0. The monoisotopic (exact) mass is 642 g/mol. The Morgan fingerprint density at radius 3 is 1.33 bits per heavy atom. The fourth-order valence-corrected chi connectivity index (χ4v) is 5.96. The molecule has 0 N–H and O–H groups in total. The van der Waals surface area contributed by atoms with E-state index in [0.29, 0.717) is 23.0 Å². The zero-order chi connectivity index (χ0) is 31.8. The van der Waals surface area contributed by atoms with E-state index < -0.39 is 5.41 Å². The Labute approximate surface area is 275 Å². The first-order chi connectivity index (χ1) is 21.9. The third-order valence-corrected chi connectivity index (χ3v) is 9.17. The van der Waals surface area contributed by atoms with Crippen molar-refractivity contribution < 1.29 is 28.5 Å². The molecule has 0 aliphatic heterocycles. The average Bonchev–Trinajstić information content (AvgIpc) is 3.39. The van der Waals surface area contributed by atoms with Gasteiger partial charge in [0.05, 0.1) is 17.3 Å². The molecule has 0 fully saturated rings. The number of ether oxygens (including phenoxy) is 4. The second kappa shape index (κ2) is 14.9. The molecule has 8 heteroatoms. The van der Waals surface area contributed by atoms with Gasteiger partial charge in [0.25, 0.3) is 0 Å². The number of carbonyl (C=O) groups is 2. The van der Waals surface area contributed by atoms with Crippen LogP contribution in [0.4, 0.5) is 0 Å². The number of thiol groups is 2. The molecule has 0 radical (unpaired) electrons. The van der Waals surface area contributed by atoms with E-state index in [1.54, 1.807) is 13.8 Å². The Morgan fingerprint density at radius 1 is 0.578 bits per heavy atom. The molecule has 4 aromatic rings. The molecule has 0 aromatic heterocycles. The van der Waals surface area contributed by atoms with Crippen molar-refractivity contribution in [3.05, 3.63) is 119 Å². The first-order valence-corrected chi connectivity index (χ1v) is 16.4. The lowest BCUT2D eigenvalue weighted by atomic mass is 9.68. The van der Waals surface area contributed by atoms with Crippen LogP contribution in [0.25, 0.3) is 11.1 Å². The van der Waals surface area contributed by atoms with Crippen LogP contribution in [0.5, 0.6) is 11.5 Å². The molecule has 5 rings (SSSR count). The molecule has 0 amide bonds. The number of fused-ring (bicyclic) bond motifs is 3. The SMILES string of the molecule is CC(CS)C(=O)OCCOc1ccc(C2(c3ccc(OCCOC(=O)C(C)CS)cc3)c3ccccc3-c3ccccc32)cc1. The third kappa shape index (κ3) is 6.87. The molecule has 45 heavy (non-hydrogen) atoms. The van der Waals surface area contributed by atoms with Crippen molar-refractivity contribution in [1.82, 2.24) is 0 Å². The summed E-state index contributed by atoms with van der Waals surface area (Å²) in [5.74, 6) is 1.22. The number of rotatable bonds is 14. The number of benzene rings is 4. The highest BCUT2D eigenvalue weighted by Gasteiger charge is 2.45. The summed E-state index contributed by atoms with van der Waals surface area (Å²) in [5.41, 5.74) is 6.42. The number of hydrogen-bond donors (Lipinski definition) is 2. The van der Waals surface area contributed by atoms with Gasteiger partial charge in [0.15, 0.2) is 0 Å². The average molecular weight is 643 g/mol. The van der Waals surface area contributed by atoms with Gasteiger partial charge in [-0.3, -0.25) is 9.59 Å². The Kier molecular flexibility index (Phi) is 10.8. The molecule has 1 aliphatic carbocycles. The minimum Gasteiger partial charge on any atom is -0.490 e. The van der Waals surface area contributed by atoms with Gasteiger partial charge in [0, 0.05) is 11.5 Å². The molecular formula is C37H38O6S2. The highest BCUT2D eigenvalue weighted by atomic mass is 32.1. The second-order valence-corrected chi connectivity index (χ2v) is 11.8. The predicted octanol–water partition coefficient (Wildman–Crippen LogP) is 7.03. The van der Waals surface area contributed by atoms with Crippen LogP contribution in [0.3, 0.4) is 0 Å². The highest BCUT2D eigenvalue weighted by molar-refractivity contribution is 7.80. The van der Waals surface area contributed by atoms with Crippen molar-refractivity contribution in [1.29, 1.82) is 0 Å². The molecule has 0 saturated heterocycles. The van der Waals surface area contributed by atoms with E-state index in [9.17, 15) is 9.59 Å². The second-order valence-electron chi connectivity index (χ2n) is 11.1. The molecule has 2 atom stereocenters. The molecule has 2 unspecified atom stereocenters. The summed E-state index contributed by atoms with van der Waals surface area (Å²) in [5, 5.41) is 0. The van der Waals surface area contributed by atoms with Gasteiger partial charge in [-0.05, 0) is 57.6 Å². The van der Waals surface area contributed by atoms with E-state index >= 15 is 0 Å². The molecular weight excluding hydrogens is 605 g/mol. The third-order valence-electron chi connectivity index (χ3n) is 8.07. The minimum atomic E-state index is -0.568. The van der Waals surface area contributed by atoms with Crippen molar-refractivity contribution in [3.8, 4) is 22.6 Å². The molecule has 0 saturated carbocycles.